The van der Waals surface area contributed by atoms with Crippen molar-refractivity contribution in [3.8, 4) is 0 Å². The maximum Gasteiger partial charge on any atom is 0.416 e. The molecule has 34 heavy (non-hydrogen) atoms. The molecule has 0 spiro atoms. The van der Waals surface area contributed by atoms with Crippen LogP contribution < -0.4 is 5.73 Å². The lowest BCUT2D eigenvalue weighted by Gasteiger charge is -2.21. The lowest BCUT2D eigenvalue weighted by molar-refractivity contribution is -0.138. The van der Waals surface area contributed by atoms with Gasteiger partial charge in [0.25, 0.3) is 5.91 Å². The highest BCUT2D eigenvalue weighted by molar-refractivity contribution is 6.41. The van der Waals surface area contributed by atoms with Crippen molar-refractivity contribution < 1.29 is 18.0 Å². The number of amides is 1. The fourth-order valence-electron chi connectivity index (χ4n) is 5.76. The van der Waals surface area contributed by atoms with Gasteiger partial charge in [0.1, 0.15) is 6.04 Å². The lowest BCUT2D eigenvalue weighted by atomic mass is 9.91. The largest absolute Gasteiger partial charge is 0.416 e. The van der Waals surface area contributed by atoms with Crippen LogP contribution in [0.1, 0.15) is 49.1 Å². The van der Waals surface area contributed by atoms with Crippen LogP contribution in [0.5, 0.6) is 0 Å². The first kappa shape index (κ1) is 23.0. The first-order chi connectivity index (χ1) is 16.3. The molecule has 1 amide bonds. The molecule has 0 unspecified atom stereocenters. The number of nitrogens with zero attached hydrogens (tertiary/aromatic N) is 4. The van der Waals surface area contributed by atoms with Crippen molar-refractivity contribution in [2.45, 2.75) is 50.2 Å². The van der Waals surface area contributed by atoms with E-state index in [9.17, 15) is 18.0 Å². The van der Waals surface area contributed by atoms with Gasteiger partial charge in [0.2, 0.25) is 5.84 Å². The van der Waals surface area contributed by atoms with Crippen LogP contribution in [-0.2, 0) is 11.0 Å². The number of likely N-dealkylation sites (tertiary alicyclic amines) is 1. The van der Waals surface area contributed by atoms with E-state index in [0.717, 1.165) is 30.9 Å². The van der Waals surface area contributed by atoms with Crippen molar-refractivity contribution in [3.63, 3.8) is 0 Å². The lowest BCUT2D eigenvalue weighted by Crippen LogP contribution is -2.34. The van der Waals surface area contributed by atoms with Gasteiger partial charge in [-0.1, -0.05) is 24.3 Å². The molecule has 4 atom stereocenters. The van der Waals surface area contributed by atoms with E-state index in [4.69, 9.17) is 5.73 Å². The Bertz CT molecular complexity index is 1080. The van der Waals surface area contributed by atoms with Crippen molar-refractivity contribution in [1.82, 2.24) is 4.90 Å². The number of amidine groups is 2. The third-order valence-corrected chi connectivity index (χ3v) is 7.37. The summed E-state index contributed by atoms with van der Waals surface area (Å²) in [6.07, 6.45) is 3.15. The van der Waals surface area contributed by atoms with Gasteiger partial charge in [0.05, 0.1) is 5.56 Å². The maximum absolute atomic E-state index is 13.5. The summed E-state index contributed by atoms with van der Waals surface area (Å²) in [6, 6.07) is 5.66. The van der Waals surface area contributed by atoms with E-state index in [1.807, 2.05) is 0 Å². The molecule has 4 aliphatic rings. The summed E-state index contributed by atoms with van der Waals surface area (Å²) in [5.74, 6) is 0.812. The molecule has 9 heteroatoms. The zero-order chi connectivity index (χ0) is 23.9. The standard InChI is InChI=1S/C25H28F3N5O/c26-25(27,28)20-6-2-1-5-19(20)16-10-17-13-33(14-18(17)11-16)24(34)23-31-21-7-3-4-15(8-9-29)12-30-22(21)32-23/h1-2,4-6,12,16-18,21H,3,7-11,13-14,29H2/b15-4-,30-12-/t16-,17-,18+,21-/m0/s1. The number of halogens is 3. The third kappa shape index (κ3) is 4.45. The van der Waals surface area contributed by atoms with Crippen LogP contribution in [0.4, 0.5) is 13.2 Å². The second kappa shape index (κ2) is 9.09. The minimum Gasteiger partial charge on any atom is -0.335 e. The average Bonchev–Trinajstić information content (AvgIpc) is 3.48. The first-order valence-electron chi connectivity index (χ1n) is 11.9. The van der Waals surface area contributed by atoms with Gasteiger partial charge >= 0.3 is 6.18 Å². The first-order valence-corrected chi connectivity index (χ1v) is 11.9. The van der Waals surface area contributed by atoms with Gasteiger partial charge < -0.3 is 10.6 Å². The van der Waals surface area contributed by atoms with Gasteiger partial charge in [-0.2, -0.15) is 13.2 Å². The molecule has 3 heterocycles. The second-order valence-corrected chi connectivity index (χ2v) is 9.58. The van der Waals surface area contributed by atoms with Crippen molar-refractivity contribution in [2.75, 3.05) is 19.6 Å². The summed E-state index contributed by atoms with van der Waals surface area (Å²) in [4.78, 5) is 28.4. The zero-order valence-corrected chi connectivity index (χ0v) is 18.8. The Labute approximate surface area is 196 Å². The Morgan fingerprint density at radius 2 is 1.88 bits per heavy atom. The fourth-order valence-corrected chi connectivity index (χ4v) is 5.76. The van der Waals surface area contributed by atoms with Crippen LogP contribution in [0.25, 0.3) is 0 Å². The quantitative estimate of drug-likeness (QED) is 0.721. The van der Waals surface area contributed by atoms with Crippen molar-refractivity contribution >= 4 is 23.8 Å². The van der Waals surface area contributed by atoms with Gasteiger partial charge in [0.15, 0.2) is 5.84 Å². The van der Waals surface area contributed by atoms with Crippen LogP contribution in [0.3, 0.4) is 0 Å². The number of alkyl halides is 3. The maximum atomic E-state index is 13.5. The Morgan fingerprint density at radius 3 is 2.59 bits per heavy atom. The number of nitrogens with two attached hydrogens (primary N) is 1. The van der Waals surface area contributed by atoms with E-state index in [-0.39, 0.29) is 35.5 Å². The summed E-state index contributed by atoms with van der Waals surface area (Å²) in [5, 5.41) is 0. The number of aliphatic imine (C=N–C) groups is 3. The molecule has 2 N–H and O–H groups in total. The predicted octanol–water partition coefficient (Wildman–Crippen LogP) is 3.98. The van der Waals surface area contributed by atoms with E-state index < -0.39 is 11.7 Å². The molecule has 3 aliphatic heterocycles. The topological polar surface area (TPSA) is 83.4 Å². The van der Waals surface area contributed by atoms with Gasteiger partial charge in [-0.3, -0.25) is 9.79 Å². The SMILES string of the molecule is NCCC1=C/CC[C@@H]2N=C(C(=O)N3C[C@H]4C[C@@H](c5ccccc5C(F)(F)F)C[C@H]4C3)N=C2/N=C\1. The number of fused-ring (bicyclic) bond motifs is 2. The molecule has 6 nitrogen and oxygen atoms in total. The van der Waals surface area contributed by atoms with Gasteiger partial charge in [-0.25, -0.2) is 9.98 Å². The Kier molecular flexibility index (Phi) is 6.14. The van der Waals surface area contributed by atoms with Crippen molar-refractivity contribution in [1.29, 1.82) is 0 Å². The van der Waals surface area contributed by atoms with E-state index >= 15 is 0 Å². The Morgan fingerprint density at radius 1 is 1.15 bits per heavy atom. The number of carbonyl (C=O) groups is 1. The number of rotatable bonds is 4. The molecule has 1 aromatic rings. The molecule has 0 aromatic heterocycles. The summed E-state index contributed by atoms with van der Waals surface area (Å²) in [7, 11) is 0. The van der Waals surface area contributed by atoms with Crippen LogP contribution in [0.2, 0.25) is 0 Å². The van der Waals surface area contributed by atoms with Crippen LogP contribution in [0.15, 0.2) is 50.9 Å². The zero-order valence-electron chi connectivity index (χ0n) is 18.8. The van der Waals surface area contributed by atoms with Gasteiger partial charge in [-0.05, 0) is 73.6 Å². The summed E-state index contributed by atoms with van der Waals surface area (Å²) in [6.45, 7) is 1.62. The van der Waals surface area contributed by atoms with E-state index in [2.05, 4.69) is 21.1 Å². The summed E-state index contributed by atoms with van der Waals surface area (Å²) >= 11 is 0. The number of hydrogen-bond donors (Lipinski definition) is 1. The molecular formula is C25H28F3N5O. The highest BCUT2D eigenvalue weighted by atomic mass is 19.4. The molecule has 1 saturated carbocycles. The van der Waals surface area contributed by atoms with Gasteiger partial charge in [0, 0.05) is 19.3 Å². The molecular weight excluding hydrogens is 443 g/mol. The third-order valence-electron chi connectivity index (χ3n) is 7.37. The molecule has 0 radical (unpaired) electrons. The second-order valence-electron chi connectivity index (χ2n) is 9.58. The summed E-state index contributed by atoms with van der Waals surface area (Å²) in [5.41, 5.74) is 6.55. The van der Waals surface area contributed by atoms with E-state index in [0.29, 0.717) is 43.9 Å². The van der Waals surface area contributed by atoms with E-state index in [1.165, 1.54) is 6.07 Å². The fraction of sp³-hybridized carbons (Fsp3) is 0.520. The van der Waals surface area contributed by atoms with Crippen LogP contribution in [-0.4, -0.2) is 54.4 Å². The van der Waals surface area contributed by atoms with E-state index in [1.54, 1.807) is 23.2 Å². The smallest absolute Gasteiger partial charge is 0.335 e. The number of carbonyl (C=O) groups excluding carboxylic acids is 1. The molecule has 1 saturated heterocycles. The van der Waals surface area contributed by atoms with Crippen molar-refractivity contribution in [3.05, 3.63) is 47.0 Å². The normalized spacial score (nSPS) is 31.1. The van der Waals surface area contributed by atoms with Gasteiger partial charge in [-0.15, -0.1) is 0 Å². The highest BCUT2D eigenvalue weighted by Crippen LogP contribution is 2.48. The average molecular weight is 472 g/mol. The highest BCUT2D eigenvalue weighted by Gasteiger charge is 2.46. The molecule has 1 aromatic carbocycles. The number of benzene rings is 1. The number of allylic oxidation sites excluding steroid dienone is 1. The molecule has 5 rings (SSSR count). The minimum absolute atomic E-state index is 0.130. The van der Waals surface area contributed by atoms with Crippen LogP contribution >= 0.6 is 0 Å². The minimum atomic E-state index is -4.35. The molecule has 1 aliphatic carbocycles. The molecule has 2 fully saturated rings. The molecule has 180 valence electrons. The van der Waals surface area contributed by atoms with Crippen molar-refractivity contribution in [2.24, 2.45) is 32.5 Å². The monoisotopic (exact) mass is 471 g/mol. The predicted molar refractivity (Wildman–Crippen MR) is 125 cm³/mol. The Hall–Kier alpha value is -2.81. The number of hydrogen-bond acceptors (Lipinski definition) is 5. The van der Waals surface area contributed by atoms with Crippen LogP contribution in [0, 0.1) is 11.8 Å². The Balaban J connectivity index is 1.24. The summed E-state index contributed by atoms with van der Waals surface area (Å²) < 4.78 is 40.4. The molecule has 0 bridgehead atoms.